The van der Waals surface area contributed by atoms with E-state index in [0.717, 1.165) is 18.5 Å². The number of aliphatic hydroxyl groups excluding tert-OH is 1. The van der Waals surface area contributed by atoms with E-state index in [2.05, 4.69) is 15.6 Å². The van der Waals surface area contributed by atoms with Gasteiger partial charge in [0, 0.05) is 18.2 Å². The largest absolute Gasteiger partial charge is 0.388 e. The fourth-order valence-corrected chi connectivity index (χ4v) is 2.64. The Kier molecular flexibility index (Phi) is 4.89. The molecule has 2 aromatic rings. The van der Waals surface area contributed by atoms with Crippen molar-refractivity contribution in [1.82, 2.24) is 20.3 Å². The number of carbonyl (C=O) groups excluding carboxylic acids is 1. The summed E-state index contributed by atoms with van der Waals surface area (Å²) >= 11 is 0. The van der Waals surface area contributed by atoms with Gasteiger partial charge in [0.1, 0.15) is 12.4 Å². The second kappa shape index (κ2) is 7.09. The first-order chi connectivity index (χ1) is 11.5. The standard InChI is InChI=1S/C17H21FN4O2/c1-11(8-16(23)13-4-6-14(18)7-5-13)19-17(24)10-22-9-15(20-21-22)12-2-3-12/h4-7,9,11-12,16,23H,2-3,8,10H2,1H3,(H,19,24). The molecule has 0 radical (unpaired) electrons. The van der Waals surface area contributed by atoms with Gasteiger partial charge in [0.25, 0.3) is 0 Å². The van der Waals surface area contributed by atoms with Gasteiger partial charge in [0.05, 0.1) is 11.8 Å². The summed E-state index contributed by atoms with van der Waals surface area (Å²) in [6, 6.07) is 5.49. The smallest absolute Gasteiger partial charge is 0.242 e. The van der Waals surface area contributed by atoms with Crippen LogP contribution in [0.5, 0.6) is 0 Å². The maximum Gasteiger partial charge on any atom is 0.242 e. The maximum atomic E-state index is 12.9. The highest BCUT2D eigenvalue weighted by atomic mass is 19.1. The second-order valence-corrected chi connectivity index (χ2v) is 6.39. The van der Waals surface area contributed by atoms with Crippen LogP contribution >= 0.6 is 0 Å². The summed E-state index contributed by atoms with van der Waals surface area (Å²) in [6.45, 7) is 1.93. The van der Waals surface area contributed by atoms with Crippen molar-refractivity contribution in [1.29, 1.82) is 0 Å². The highest BCUT2D eigenvalue weighted by Gasteiger charge is 2.26. The van der Waals surface area contributed by atoms with Gasteiger partial charge in [0.2, 0.25) is 5.91 Å². The number of amides is 1. The summed E-state index contributed by atoms with van der Waals surface area (Å²) in [6.07, 6.45) is 3.69. The molecule has 2 N–H and O–H groups in total. The third-order valence-corrected chi connectivity index (χ3v) is 4.10. The minimum Gasteiger partial charge on any atom is -0.388 e. The summed E-state index contributed by atoms with van der Waals surface area (Å²) in [4.78, 5) is 12.0. The van der Waals surface area contributed by atoms with Gasteiger partial charge >= 0.3 is 0 Å². The van der Waals surface area contributed by atoms with E-state index in [1.807, 2.05) is 13.1 Å². The van der Waals surface area contributed by atoms with Gasteiger partial charge in [-0.2, -0.15) is 0 Å². The molecule has 1 saturated carbocycles. The number of benzene rings is 1. The normalized spacial score (nSPS) is 16.6. The zero-order valence-electron chi connectivity index (χ0n) is 13.5. The van der Waals surface area contributed by atoms with Gasteiger partial charge in [-0.05, 0) is 43.9 Å². The molecule has 1 fully saturated rings. The van der Waals surface area contributed by atoms with Crippen molar-refractivity contribution in [2.75, 3.05) is 0 Å². The maximum absolute atomic E-state index is 12.9. The molecular weight excluding hydrogens is 311 g/mol. The van der Waals surface area contributed by atoms with Gasteiger partial charge in [0.15, 0.2) is 0 Å². The topological polar surface area (TPSA) is 80.0 Å². The molecule has 7 heteroatoms. The number of nitrogens with one attached hydrogen (secondary N) is 1. The fourth-order valence-electron chi connectivity index (χ4n) is 2.64. The molecule has 1 amide bonds. The highest BCUT2D eigenvalue weighted by Crippen LogP contribution is 2.38. The van der Waals surface area contributed by atoms with Crippen LogP contribution in [0.15, 0.2) is 30.5 Å². The first-order valence-corrected chi connectivity index (χ1v) is 8.14. The Bertz CT molecular complexity index is 697. The van der Waals surface area contributed by atoms with Crippen molar-refractivity contribution in [2.45, 2.75) is 50.8 Å². The van der Waals surface area contributed by atoms with Gasteiger partial charge in [-0.1, -0.05) is 17.3 Å². The van der Waals surface area contributed by atoms with Crippen molar-refractivity contribution in [3.63, 3.8) is 0 Å². The lowest BCUT2D eigenvalue weighted by molar-refractivity contribution is -0.122. The van der Waals surface area contributed by atoms with Crippen molar-refractivity contribution in [3.05, 3.63) is 47.5 Å². The molecule has 2 unspecified atom stereocenters. The lowest BCUT2D eigenvalue weighted by atomic mass is 10.0. The van der Waals surface area contributed by atoms with E-state index < -0.39 is 6.10 Å². The van der Waals surface area contributed by atoms with Crippen molar-refractivity contribution < 1.29 is 14.3 Å². The molecule has 6 nitrogen and oxygen atoms in total. The Labute approximate surface area is 139 Å². The molecule has 1 aliphatic carbocycles. The van der Waals surface area contributed by atoms with Crippen LogP contribution in [0.1, 0.15) is 49.5 Å². The third-order valence-electron chi connectivity index (χ3n) is 4.10. The monoisotopic (exact) mass is 332 g/mol. The second-order valence-electron chi connectivity index (χ2n) is 6.39. The first-order valence-electron chi connectivity index (χ1n) is 8.14. The SMILES string of the molecule is CC(CC(O)c1ccc(F)cc1)NC(=O)Cn1cc(C2CC2)nn1. The summed E-state index contributed by atoms with van der Waals surface area (Å²) < 4.78 is 14.4. The molecule has 0 spiro atoms. The Balaban J connectivity index is 1.47. The average molecular weight is 332 g/mol. The molecule has 1 aliphatic rings. The summed E-state index contributed by atoms with van der Waals surface area (Å²) in [5, 5.41) is 21.0. The zero-order valence-corrected chi connectivity index (χ0v) is 13.5. The zero-order chi connectivity index (χ0) is 17.1. The van der Waals surface area contributed by atoms with Crippen LogP contribution in [0.2, 0.25) is 0 Å². The minimum absolute atomic E-state index is 0.108. The number of hydrogen-bond acceptors (Lipinski definition) is 4. The van der Waals surface area contributed by atoms with E-state index in [9.17, 15) is 14.3 Å². The number of hydrogen-bond donors (Lipinski definition) is 2. The van der Waals surface area contributed by atoms with E-state index in [0.29, 0.717) is 17.9 Å². The molecule has 0 saturated heterocycles. The van der Waals surface area contributed by atoms with E-state index in [-0.39, 0.29) is 24.3 Å². The minimum atomic E-state index is -0.756. The van der Waals surface area contributed by atoms with E-state index >= 15 is 0 Å². The molecule has 2 atom stereocenters. The lowest BCUT2D eigenvalue weighted by Gasteiger charge is -2.18. The summed E-state index contributed by atoms with van der Waals surface area (Å²) in [5.74, 6) is -0.0154. The van der Waals surface area contributed by atoms with E-state index in [1.165, 1.54) is 16.8 Å². The molecule has 1 aromatic carbocycles. The van der Waals surface area contributed by atoms with Crippen LogP contribution in [0.3, 0.4) is 0 Å². The number of aliphatic hydroxyl groups is 1. The van der Waals surface area contributed by atoms with Crippen LogP contribution in [0.4, 0.5) is 4.39 Å². The highest BCUT2D eigenvalue weighted by molar-refractivity contribution is 5.75. The Hall–Kier alpha value is -2.28. The Morgan fingerprint density at radius 1 is 1.42 bits per heavy atom. The van der Waals surface area contributed by atoms with Crippen molar-refractivity contribution >= 4 is 5.91 Å². The lowest BCUT2D eigenvalue weighted by Crippen LogP contribution is -2.36. The van der Waals surface area contributed by atoms with Gasteiger partial charge in [-0.25, -0.2) is 9.07 Å². The van der Waals surface area contributed by atoms with Gasteiger partial charge < -0.3 is 10.4 Å². The molecule has 0 aliphatic heterocycles. The number of aromatic nitrogens is 3. The summed E-state index contributed by atoms with van der Waals surface area (Å²) in [7, 11) is 0. The van der Waals surface area contributed by atoms with Crippen LogP contribution < -0.4 is 5.32 Å². The van der Waals surface area contributed by atoms with E-state index in [4.69, 9.17) is 0 Å². The van der Waals surface area contributed by atoms with Crippen LogP contribution in [-0.4, -0.2) is 32.0 Å². The molecule has 128 valence electrons. The molecular formula is C17H21FN4O2. The quantitative estimate of drug-likeness (QED) is 0.812. The third kappa shape index (κ3) is 4.38. The molecule has 0 bridgehead atoms. The van der Waals surface area contributed by atoms with Crippen LogP contribution in [0, 0.1) is 5.82 Å². The molecule has 1 heterocycles. The fraction of sp³-hybridized carbons (Fsp3) is 0.471. The molecule has 1 aromatic heterocycles. The number of rotatable bonds is 7. The average Bonchev–Trinajstić information content (AvgIpc) is 3.28. The molecule has 24 heavy (non-hydrogen) atoms. The number of carbonyl (C=O) groups is 1. The first kappa shape index (κ1) is 16.6. The Morgan fingerprint density at radius 2 is 2.12 bits per heavy atom. The van der Waals surface area contributed by atoms with Gasteiger partial charge in [-0.3, -0.25) is 4.79 Å². The predicted octanol–water partition coefficient (Wildman–Crippen LogP) is 1.92. The van der Waals surface area contributed by atoms with Crippen molar-refractivity contribution in [3.8, 4) is 0 Å². The number of nitrogens with zero attached hydrogens (tertiary/aromatic N) is 3. The van der Waals surface area contributed by atoms with Crippen LogP contribution in [-0.2, 0) is 11.3 Å². The van der Waals surface area contributed by atoms with Gasteiger partial charge in [-0.15, -0.1) is 5.10 Å². The van der Waals surface area contributed by atoms with Crippen LogP contribution in [0.25, 0.3) is 0 Å². The summed E-state index contributed by atoms with van der Waals surface area (Å²) in [5.41, 5.74) is 1.57. The molecule has 3 rings (SSSR count). The predicted molar refractivity (Wildman–Crippen MR) is 85.6 cm³/mol. The Morgan fingerprint density at radius 3 is 2.79 bits per heavy atom. The van der Waals surface area contributed by atoms with E-state index in [1.54, 1.807) is 12.1 Å². The van der Waals surface area contributed by atoms with Crippen molar-refractivity contribution in [2.24, 2.45) is 0 Å². The number of halogens is 1.